The Labute approximate surface area is 254 Å². The van der Waals surface area contributed by atoms with Gasteiger partial charge < -0.3 is 38.5 Å². The van der Waals surface area contributed by atoms with Gasteiger partial charge in [0.2, 0.25) is 23.6 Å². The molecule has 0 spiro atoms. The van der Waals surface area contributed by atoms with Crippen molar-refractivity contribution in [3.05, 3.63) is 46.4 Å². The van der Waals surface area contributed by atoms with E-state index in [1.807, 2.05) is 36.4 Å². The zero-order valence-electron chi connectivity index (χ0n) is 23.7. The highest BCUT2D eigenvalue weighted by atomic mass is 79.9. The van der Waals surface area contributed by atoms with Crippen molar-refractivity contribution in [3.8, 4) is 0 Å². The van der Waals surface area contributed by atoms with Crippen LogP contribution in [-0.2, 0) is 25.6 Å². The Balaban J connectivity index is 1.68. The lowest BCUT2D eigenvalue weighted by atomic mass is 10.0. The molecule has 10 N–H and O–H groups in total. The third-order valence-corrected chi connectivity index (χ3v) is 8.06. The summed E-state index contributed by atoms with van der Waals surface area (Å²) in [7, 11) is 0. The number of primary amides is 1. The number of carbonyl (C=O) groups is 4. The molecular formula is C29H41BrN8O4. The van der Waals surface area contributed by atoms with Crippen molar-refractivity contribution in [2.75, 3.05) is 19.6 Å². The van der Waals surface area contributed by atoms with Crippen LogP contribution in [0.4, 0.5) is 0 Å². The molecule has 3 atom stereocenters. The minimum absolute atomic E-state index is 0.0676. The predicted octanol–water partition coefficient (Wildman–Crippen LogP) is 0.773. The maximum absolute atomic E-state index is 13.5. The van der Waals surface area contributed by atoms with E-state index in [0.29, 0.717) is 51.6 Å². The number of likely N-dealkylation sites (tertiary alicyclic amines) is 1. The molecule has 3 rings (SSSR count). The van der Waals surface area contributed by atoms with Crippen LogP contribution in [0.25, 0.3) is 10.8 Å². The van der Waals surface area contributed by atoms with Crippen molar-refractivity contribution in [1.29, 1.82) is 0 Å². The van der Waals surface area contributed by atoms with Gasteiger partial charge in [0.15, 0.2) is 5.96 Å². The van der Waals surface area contributed by atoms with Gasteiger partial charge in [-0.3, -0.25) is 24.2 Å². The Kier molecular flexibility index (Phi) is 12.5. The lowest BCUT2D eigenvalue weighted by molar-refractivity contribution is -0.139. The van der Waals surface area contributed by atoms with E-state index in [1.54, 1.807) is 4.90 Å². The summed E-state index contributed by atoms with van der Waals surface area (Å²) >= 11 is 3.56. The number of hydrogen-bond acceptors (Lipinski definition) is 6. The van der Waals surface area contributed by atoms with Crippen LogP contribution in [0, 0.1) is 0 Å². The summed E-state index contributed by atoms with van der Waals surface area (Å²) in [5.74, 6) is -1.85. The fourth-order valence-electron chi connectivity index (χ4n) is 5.17. The Morgan fingerprint density at radius 3 is 2.36 bits per heavy atom. The standard InChI is InChI=1S/C29H41BrN8O4/c30-21-13-12-18(19-7-1-2-8-20(19)21)17-25(39)38-16-6-11-24(38)28(42)37-23(9-3-4-14-31)27(41)36-22(26(32)40)10-5-15-35-29(33)34/h1-2,7-8,12-13,22-24H,3-6,9-11,14-17,31H2,(H2,32,40)(H,36,41)(H,37,42)(H4,33,34,35). The highest BCUT2D eigenvalue weighted by molar-refractivity contribution is 9.10. The number of amides is 4. The first-order valence-corrected chi connectivity index (χ1v) is 15.0. The van der Waals surface area contributed by atoms with Crippen LogP contribution >= 0.6 is 15.9 Å². The summed E-state index contributed by atoms with van der Waals surface area (Å²) in [6, 6.07) is 9.10. The van der Waals surface area contributed by atoms with Gasteiger partial charge in [0.25, 0.3) is 0 Å². The lowest BCUT2D eigenvalue weighted by Crippen LogP contribution is -2.56. The molecule has 1 fully saturated rings. The molecule has 0 bridgehead atoms. The van der Waals surface area contributed by atoms with E-state index >= 15 is 0 Å². The first kappa shape index (κ1) is 32.8. The van der Waals surface area contributed by atoms with Crippen LogP contribution in [0.2, 0.25) is 0 Å². The Morgan fingerprint density at radius 2 is 1.67 bits per heavy atom. The van der Waals surface area contributed by atoms with Gasteiger partial charge in [-0.25, -0.2) is 0 Å². The van der Waals surface area contributed by atoms with Gasteiger partial charge >= 0.3 is 0 Å². The number of aliphatic imine (C=N–C) groups is 1. The summed E-state index contributed by atoms with van der Waals surface area (Å²) in [4.78, 5) is 57.6. The average Bonchev–Trinajstić information content (AvgIpc) is 3.46. The van der Waals surface area contributed by atoms with Crippen molar-refractivity contribution < 1.29 is 19.2 Å². The van der Waals surface area contributed by atoms with Crippen molar-refractivity contribution >= 4 is 56.3 Å². The highest BCUT2D eigenvalue weighted by Gasteiger charge is 2.36. The summed E-state index contributed by atoms with van der Waals surface area (Å²) in [5, 5.41) is 7.47. The molecular weight excluding hydrogens is 604 g/mol. The minimum atomic E-state index is -0.953. The average molecular weight is 646 g/mol. The molecule has 0 aromatic heterocycles. The monoisotopic (exact) mass is 644 g/mol. The smallest absolute Gasteiger partial charge is 0.243 e. The second-order valence-corrected chi connectivity index (χ2v) is 11.3. The number of benzene rings is 2. The van der Waals surface area contributed by atoms with Crippen LogP contribution in [0.1, 0.15) is 50.5 Å². The van der Waals surface area contributed by atoms with Gasteiger partial charge in [-0.2, -0.15) is 0 Å². The maximum Gasteiger partial charge on any atom is 0.243 e. The van der Waals surface area contributed by atoms with Crippen LogP contribution in [0.5, 0.6) is 0 Å². The first-order chi connectivity index (χ1) is 20.1. The fourth-order valence-corrected chi connectivity index (χ4v) is 5.65. The molecule has 2 aromatic rings. The topological polar surface area (TPSA) is 212 Å². The SMILES string of the molecule is NCCCCC(NC(=O)C1CCCN1C(=O)Cc1ccc(Br)c2ccccc12)C(=O)NC(CCCN=C(N)N)C(N)=O. The van der Waals surface area contributed by atoms with E-state index < -0.39 is 35.8 Å². The molecule has 1 aliphatic heterocycles. The molecule has 3 unspecified atom stereocenters. The van der Waals surface area contributed by atoms with Gasteiger partial charge in [0.1, 0.15) is 18.1 Å². The van der Waals surface area contributed by atoms with E-state index in [0.717, 1.165) is 20.8 Å². The van der Waals surface area contributed by atoms with Gasteiger partial charge in [-0.1, -0.05) is 46.3 Å². The summed E-state index contributed by atoms with van der Waals surface area (Å²) in [6.07, 6.45) is 3.54. The molecule has 2 aromatic carbocycles. The molecule has 42 heavy (non-hydrogen) atoms. The second-order valence-electron chi connectivity index (χ2n) is 10.4. The zero-order valence-corrected chi connectivity index (χ0v) is 25.3. The van der Waals surface area contributed by atoms with Crippen LogP contribution in [-0.4, -0.2) is 72.2 Å². The number of fused-ring (bicyclic) bond motifs is 1. The molecule has 0 saturated carbocycles. The van der Waals surface area contributed by atoms with E-state index in [4.69, 9.17) is 22.9 Å². The van der Waals surface area contributed by atoms with E-state index in [1.165, 1.54) is 0 Å². The Bertz CT molecular complexity index is 1300. The molecule has 1 saturated heterocycles. The van der Waals surface area contributed by atoms with E-state index in [-0.39, 0.29) is 31.3 Å². The fraction of sp³-hybridized carbons (Fsp3) is 0.483. The third-order valence-electron chi connectivity index (χ3n) is 7.36. The number of nitrogens with zero attached hydrogens (tertiary/aromatic N) is 2. The summed E-state index contributed by atoms with van der Waals surface area (Å²) in [6.45, 7) is 1.17. The molecule has 1 aliphatic rings. The third kappa shape index (κ3) is 9.15. The van der Waals surface area contributed by atoms with Crippen LogP contribution in [0.3, 0.4) is 0 Å². The van der Waals surface area contributed by atoms with Gasteiger partial charge in [0, 0.05) is 17.6 Å². The van der Waals surface area contributed by atoms with Crippen molar-refractivity contribution in [2.45, 2.75) is 69.5 Å². The van der Waals surface area contributed by atoms with Crippen molar-refractivity contribution in [3.63, 3.8) is 0 Å². The molecule has 0 radical (unpaired) electrons. The van der Waals surface area contributed by atoms with Crippen LogP contribution < -0.4 is 33.6 Å². The second kappa shape index (κ2) is 16.1. The van der Waals surface area contributed by atoms with E-state index in [9.17, 15) is 19.2 Å². The number of unbranched alkanes of at least 4 members (excludes halogenated alkanes) is 1. The molecule has 228 valence electrons. The normalized spacial score (nSPS) is 16.0. The van der Waals surface area contributed by atoms with Crippen LogP contribution in [0.15, 0.2) is 45.9 Å². The highest BCUT2D eigenvalue weighted by Crippen LogP contribution is 2.28. The minimum Gasteiger partial charge on any atom is -0.370 e. The number of nitrogens with one attached hydrogen (secondary N) is 2. The number of halogens is 1. The van der Waals surface area contributed by atoms with E-state index in [2.05, 4.69) is 31.6 Å². The Morgan fingerprint density at radius 1 is 0.952 bits per heavy atom. The largest absolute Gasteiger partial charge is 0.370 e. The zero-order chi connectivity index (χ0) is 30.6. The lowest BCUT2D eigenvalue weighted by Gasteiger charge is -2.27. The van der Waals surface area contributed by atoms with Gasteiger partial charge in [-0.05, 0) is 73.9 Å². The maximum atomic E-state index is 13.5. The van der Waals surface area contributed by atoms with Gasteiger partial charge in [-0.15, -0.1) is 0 Å². The number of rotatable bonds is 15. The molecule has 1 heterocycles. The summed E-state index contributed by atoms with van der Waals surface area (Å²) in [5.41, 5.74) is 22.7. The number of nitrogens with two attached hydrogens (primary N) is 4. The number of guanidine groups is 1. The molecule has 4 amide bonds. The molecule has 12 nitrogen and oxygen atoms in total. The molecule has 13 heteroatoms. The number of carbonyl (C=O) groups excluding carboxylic acids is 4. The summed E-state index contributed by atoms with van der Waals surface area (Å²) < 4.78 is 0.944. The first-order valence-electron chi connectivity index (χ1n) is 14.2. The predicted molar refractivity (Wildman–Crippen MR) is 166 cm³/mol. The quantitative estimate of drug-likeness (QED) is 0.0930. The van der Waals surface area contributed by atoms with Crippen molar-refractivity contribution in [1.82, 2.24) is 15.5 Å². The molecule has 0 aliphatic carbocycles. The van der Waals surface area contributed by atoms with Gasteiger partial charge in [0.05, 0.1) is 6.42 Å². The van der Waals surface area contributed by atoms with Crippen molar-refractivity contribution in [2.24, 2.45) is 27.9 Å². The Hall–Kier alpha value is -3.71. The number of hydrogen-bond donors (Lipinski definition) is 6.